The molecular formula is C22H26N6O4. The predicted octanol–water partition coefficient (Wildman–Crippen LogP) is 0.314. The van der Waals surface area contributed by atoms with E-state index >= 15 is 0 Å². The molecule has 0 spiro atoms. The highest BCUT2D eigenvalue weighted by atomic mass is 16.3. The maximum Gasteiger partial charge on any atom is 0.225 e. The molecule has 0 radical (unpaired) electrons. The van der Waals surface area contributed by atoms with Gasteiger partial charge in [0, 0.05) is 32.0 Å². The number of carbonyl (C=O) groups excluding carboxylic acids is 1. The lowest BCUT2D eigenvalue weighted by atomic mass is 10.1. The topological polar surface area (TPSA) is 137 Å². The molecule has 0 unspecified atom stereocenters. The van der Waals surface area contributed by atoms with E-state index < -0.39 is 24.2 Å². The number of aromatic nitrogens is 4. The van der Waals surface area contributed by atoms with E-state index in [4.69, 9.17) is 0 Å². The van der Waals surface area contributed by atoms with Crippen LogP contribution in [0.2, 0.25) is 0 Å². The van der Waals surface area contributed by atoms with Gasteiger partial charge in [0.2, 0.25) is 5.91 Å². The largest absolute Gasteiger partial charge is 0.396 e. The molecule has 32 heavy (non-hydrogen) atoms. The summed E-state index contributed by atoms with van der Waals surface area (Å²) in [5.74, 6) is 0.215. The number of fused-ring (bicyclic) bond motifs is 1. The monoisotopic (exact) mass is 438 g/mol. The molecule has 2 aromatic heterocycles. The lowest BCUT2D eigenvalue weighted by Crippen LogP contribution is -2.30. The Morgan fingerprint density at radius 1 is 1.09 bits per heavy atom. The van der Waals surface area contributed by atoms with Crippen LogP contribution in [0.1, 0.15) is 24.4 Å². The number of benzene rings is 1. The number of rotatable bonds is 6. The van der Waals surface area contributed by atoms with Crippen LogP contribution in [0.25, 0.3) is 11.2 Å². The van der Waals surface area contributed by atoms with Gasteiger partial charge in [-0.15, -0.1) is 0 Å². The van der Waals surface area contributed by atoms with Crippen molar-refractivity contribution in [2.75, 3.05) is 18.5 Å². The number of likely N-dealkylation sites (tertiary alicyclic amines) is 1. The highest BCUT2D eigenvalue weighted by Crippen LogP contribution is 2.37. The lowest BCUT2D eigenvalue weighted by molar-refractivity contribution is -0.128. The third kappa shape index (κ3) is 3.70. The normalized spacial score (nSPS) is 28.0. The minimum atomic E-state index is -1.02. The smallest absolute Gasteiger partial charge is 0.225 e. The van der Waals surface area contributed by atoms with Crippen molar-refractivity contribution < 1.29 is 20.1 Å². The van der Waals surface area contributed by atoms with E-state index in [2.05, 4.69) is 20.3 Å². The van der Waals surface area contributed by atoms with Gasteiger partial charge >= 0.3 is 0 Å². The summed E-state index contributed by atoms with van der Waals surface area (Å²) in [6, 6.07) is 9.34. The summed E-state index contributed by atoms with van der Waals surface area (Å²) in [5, 5.41) is 33.4. The molecule has 3 aromatic rings. The fourth-order valence-corrected chi connectivity index (χ4v) is 4.78. The van der Waals surface area contributed by atoms with Gasteiger partial charge in [-0.2, -0.15) is 0 Å². The van der Waals surface area contributed by atoms with E-state index in [9.17, 15) is 20.1 Å². The van der Waals surface area contributed by atoms with Crippen LogP contribution in [0, 0.1) is 5.92 Å². The van der Waals surface area contributed by atoms with Crippen LogP contribution in [0.15, 0.2) is 43.0 Å². The molecule has 1 aliphatic heterocycles. The number of hydrogen-bond acceptors (Lipinski definition) is 8. The van der Waals surface area contributed by atoms with Gasteiger partial charge in [-0.3, -0.25) is 4.79 Å². The molecule has 3 heterocycles. The summed E-state index contributed by atoms with van der Waals surface area (Å²) >= 11 is 0. The van der Waals surface area contributed by atoms with Gasteiger partial charge in [-0.1, -0.05) is 30.3 Å². The van der Waals surface area contributed by atoms with Gasteiger partial charge in [0.1, 0.15) is 17.9 Å². The summed E-state index contributed by atoms with van der Waals surface area (Å²) < 4.78 is 1.73. The first-order chi connectivity index (χ1) is 15.5. The van der Waals surface area contributed by atoms with Crippen molar-refractivity contribution in [2.24, 2.45) is 5.92 Å². The lowest BCUT2D eigenvalue weighted by Gasteiger charge is -2.19. The van der Waals surface area contributed by atoms with Crippen LogP contribution in [0.3, 0.4) is 0 Å². The fraction of sp³-hybridized carbons (Fsp3) is 0.455. The molecule has 1 saturated carbocycles. The molecule has 5 rings (SSSR count). The molecule has 1 amide bonds. The number of aliphatic hydroxyl groups is 3. The molecule has 5 atom stereocenters. The van der Waals surface area contributed by atoms with Crippen LogP contribution in [-0.4, -0.2) is 77.0 Å². The zero-order chi connectivity index (χ0) is 22.2. The second kappa shape index (κ2) is 8.45. The number of nitrogens with one attached hydrogen (secondary N) is 1. The first-order valence-electron chi connectivity index (χ1n) is 10.8. The van der Waals surface area contributed by atoms with Gasteiger partial charge in [0.15, 0.2) is 11.5 Å². The molecule has 10 nitrogen and oxygen atoms in total. The molecular weight excluding hydrogens is 412 g/mol. The summed E-state index contributed by atoms with van der Waals surface area (Å²) in [5.41, 5.74) is 2.15. The molecule has 10 heteroatoms. The molecule has 1 aliphatic carbocycles. The Morgan fingerprint density at radius 3 is 2.66 bits per heavy atom. The van der Waals surface area contributed by atoms with Crippen molar-refractivity contribution in [3.05, 3.63) is 48.5 Å². The number of carbonyl (C=O) groups is 1. The maximum atomic E-state index is 12.5. The molecule has 2 aliphatic rings. The Labute approximate surface area is 184 Å². The number of hydrogen-bond donors (Lipinski definition) is 4. The van der Waals surface area contributed by atoms with Crippen LogP contribution in [0.5, 0.6) is 0 Å². The highest BCUT2D eigenvalue weighted by Gasteiger charge is 2.42. The number of anilines is 1. The van der Waals surface area contributed by atoms with Gasteiger partial charge in [-0.05, 0) is 12.0 Å². The van der Waals surface area contributed by atoms with Gasteiger partial charge < -0.3 is 30.1 Å². The number of nitrogens with zero attached hydrogens (tertiary/aromatic N) is 5. The van der Waals surface area contributed by atoms with Crippen LogP contribution in [-0.2, 0) is 11.3 Å². The molecule has 168 valence electrons. The third-order valence-electron chi connectivity index (χ3n) is 6.49. The van der Waals surface area contributed by atoms with E-state index in [1.165, 1.54) is 6.33 Å². The summed E-state index contributed by atoms with van der Waals surface area (Å²) in [4.78, 5) is 27.4. The standard InChI is InChI=1S/C22H26N6O4/c29-10-14-6-16(20(32)19(14)31)28-12-25-18-21(23-11-24-22(18)28)26-15-7-17(30)27(9-15)8-13-4-2-1-3-5-13/h1-5,11-12,14-16,19-20,29,31-32H,6-10H2,(H,23,24,26)/t14-,15-,16-,19-,20+/m1/s1. The molecule has 0 bridgehead atoms. The van der Waals surface area contributed by atoms with Crippen LogP contribution >= 0.6 is 0 Å². The van der Waals surface area contributed by atoms with E-state index in [0.717, 1.165) is 5.56 Å². The summed E-state index contributed by atoms with van der Waals surface area (Å²) in [6.07, 6.45) is 1.76. The van der Waals surface area contributed by atoms with Crippen molar-refractivity contribution in [3.8, 4) is 0 Å². The predicted molar refractivity (Wildman–Crippen MR) is 115 cm³/mol. The van der Waals surface area contributed by atoms with Crippen molar-refractivity contribution in [1.29, 1.82) is 0 Å². The first-order valence-corrected chi connectivity index (χ1v) is 10.8. The zero-order valence-electron chi connectivity index (χ0n) is 17.4. The Morgan fingerprint density at radius 2 is 1.91 bits per heavy atom. The van der Waals surface area contributed by atoms with Gasteiger partial charge in [0.25, 0.3) is 0 Å². The van der Waals surface area contributed by atoms with Crippen LogP contribution < -0.4 is 5.32 Å². The van der Waals surface area contributed by atoms with Gasteiger partial charge in [0.05, 0.1) is 24.5 Å². The summed E-state index contributed by atoms with van der Waals surface area (Å²) in [6.45, 7) is 0.934. The molecule has 2 fully saturated rings. The van der Waals surface area contributed by atoms with E-state index in [1.807, 2.05) is 35.2 Å². The Hall–Kier alpha value is -3.08. The van der Waals surface area contributed by atoms with Crippen molar-refractivity contribution in [3.63, 3.8) is 0 Å². The van der Waals surface area contributed by atoms with Crippen molar-refractivity contribution in [1.82, 2.24) is 24.4 Å². The molecule has 1 saturated heterocycles. The number of amides is 1. The molecule has 4 N–H and O–H groups in total. The highest BCUT2D eigenvalue weighted by molar-refractivity contribution is 5.84. The Kier molecular flexibility index (Phi) is 5.50. The van der Waals surface area contributed by atoms with Crippen molar-refractivity contribution >= 4 is 22.9 Å². The molecule has 1 aromatic carbocycles. The average Bonchev–Trinajstić information content (AvgIpc) is 3.46. The summed E-state index contributed by atoms with van der Waals surface area (Å²) in [7, 11) is 0. The first kappa shape index (κ1) is 20.8. The zero-order valence-corrected chi connectivity index (χ0v) is 17.4. The Bertz CT molecular complexity index is 1110. The SMILES string of the molecule is O=C1C[C@@H](Nc2ncnc3c2ncn3[C@@H]2C[C@H](CO)[C@@H](O)[C@H]2O)CN1Cc1ccccc1. The average molecular weight is 438 g/mol. The maximum absolute atomic E-state index is 12.5. The van der Waals surface area contributed by atoms with E-state index in [0.29, 0.717) is 42.9 Å². The quantitative estimate of drug-likeness (QED) is 0.432. The number of aliphatic hydroxyl groups excluding tert-OH is 3. The third-order valence-corrected chi connectivity index (χ3v) is 6.49. The second-order valence-corrected chi connectivity index (χ2v) is 8.58. The fourth-order valence-electron chi connectivity index (χ4n) is 4.78. The number of imidazole rings is 1. The second-order valence-electron chi connectivity index (χ2n) is 8.58. The van der Waals surface area contributed by atoms with E-state index in [1.54, 1.807) is 10.9 Å². The van der Waals surface area contributed by atoms with E-state index in [-0.39, 0.29) is 18.6 Å². The minimum Gasteiger partial charge on any atom is -0.396 e. The van der Waals surface area contributed by atoms with Crippen LogP contribution in [0.4, 0.5) is 5.82 Å². The van der Waals surface area contributed by atoms with Gasteiger partial charge in [-0.25, -0.2) is 15.0 Å². The minimum absolute atomic E-state index is 0.0836. The van der Waals surface area contributed by atoms with Crippen molar-refractivity contribution in [2.45, 2.75) is 43.7 Å². The Balaban J connectivity index is 1.33.